The van der Waals surface area contributed by atoms with Crippen molar-refractivity contribution in [1.29, 1.82) is 0 Å². The molecule has 3 heteroatoms. The molecule has 0 unspecified atom stereocenters. The minimum Gasteiger partial charge on any atom is -0.489 e. The molecule has 0 aliphatic carbocycles. The van der Waals surface area contributed by atoms with Crippen LogP contribution in [0.25, 0.3) is 0 Å². The van der Waals surface area contributed by atoms with Crippen LogP contribution in [-0.4, -0.2) is 19.7 Å². The number of nitrogens with two attached hydrogens (primary N) is 1. The Kier molecular flexibility index (Phi) is 5.32. The van der Waals surface area contributed by atoms with Crippen LogP contribution in [0.3, 0.4) is 0 Å². The van der Waals surface area contributed by atoms with E-state index in [1.165, 1.54) is 0 Å². The Balaban J connectivity index is 2.82. The molecule has 0 atom stereocenters. The summed E-state index contributed by atoms with van der Waals surface area (Å²) in [5.74, 6) is 1.47. The second-order valence-electron chi connectivity index (χ2n) is 5.46. The third kappa shape index (κ3) is 4.13. The molecule has 0 aromatic heterocycles. The maximum absolute atomic E-state index is 6.17. The highest BCUT2D eigenvalue weighted by atomic mass is 16.5. The molecule has 1 aromatic carbocycles. The number of ether oxygens (including phenoxy) is 1. The second kappa shape index (κ2) is 6.53. The van der Waals surface area contributed by atoms with Crippen LogP contribution in [0.4, 0.5) is 11.4 Å². The van der Waals surface area contributed by atoms with Crippen molar-refractivity contribution in [2.45, 2.75) is 40.2 Å². The number of para-hydroxylation sites is 1. The van der Waals surface area contributed by atoms with Gasteiger partial charge in [-0.3, -0.25) is 0 Å². The molecule has 102 valence electrons. The summed E-state index contributed by atoms with van der Waals surface area (Å²) in [7, 11) is 2.08. The first-order valence-electron chi connectivity index (χ1n) is 6.68. The van der Waals surface area contributed by atoms with Gasteiger partial charge in [0.15, 0.2) is 0 Å². The second-order valence-corrected chi connectivity index (χ2v) is 5.46. The lowest BCUT2D eigenvalue weighted by atomic mass is 10.1. The van der Waals surface area contributed by atoms with Gasteiger partial charge in [0.25, 0.3) is 0 Å². The molecule has 0 bridgehead atoms. The van der Waals surface area contributed by atoms with Crippen LogP contribution in [0.1, 0.15) is 34.1 Å². The lowest BCUT2D eigenvalue weighted by Crippen LogP contribution is -2.21. The number of nitrogens with zero attached hydrogens (tertiary/aromatic N) is 1. The summed E-state index contributed by atoms with van der Waals surface area (Å²) in [6.07, 6.45) is 1.30. The fraction of sp³-hybridized carbons (Fsp3) is 0.600. The first kappa shape index (κ1) is 14.7. The Morgan fingerprint density at radius 1 is 1.22 bits per heavy atom. The van der Waals surface area contributed by atoms with E-state index >= 15 is 0 Å². The van der Waals surface area contributed by atoms with Crippen molar-refractivity contribution < 1.29 is 4.74 Å². The van der Waals surface area contributed by atoms with Crippen LogP contribution >= 0.6 is 0 Å². The molecule has 0 aliphatic rings. The largest absolute Gasteiger partial charge is 0.489 e. The molecular formula is C15H26N2O. The van der Waals surface area contributed by atoms with Crippen molar-refractivity contribution >= 4 is 11.4 Å². The molecule has 3 nitrogen and oxygen atoms in total. The third-order valence-corrected chi connectivity index (χ3v) is 2.86. The maximum Gasteiger partial charge on any atom is 0.144 e. The SMILES string of the molecule is CC(C)CCN(C)c1cccc(OC(C)C)c1N. The number of anilines is 2. The minimum atomic E-state index is 0.142. The minimum absolute atomic E-state index is 0.142. The smallest absolute Gasteiger partial charge is 0.144 e. The Bertz CT molecular complexity index is 375. The zero-order valence-corrected chi connectivity index (χ0v) is 12.2. The highest BCUT2D eigenvalue weighted by molar-refractivity contribution is 5.73. The van der Waals surface area contributed by atoms with Gasteiger partial charge in [-0.2, -0.15) is 0 Å². The van der Waals surface area contributed by atoms with Gasteiger partial charge in [-0.05, 0) is 38.3 Å². The molecular weight excluding hydrogens is 224 g/mol. The molecule has 0 saturated carbocycles. The molecule has 2 N–H and O–H groups in total. The van der Waals surface area contributed by atoms with E-state index in [2.05, 4.69) is 25.8 Å². The first-order chi connectivity index (χ1) is 8.41. The summed E-state index contributed by atoms with van der Waals surface area (Å²) in [5.41, 5.74) is 7.96. The van der Waals surface area contributed by atoms with Gasteiger partial charge < -0.3 is 15.4 Å². The summed E-state index contributed by atoms with van der Waals surface area (Å²) in [5, 5.41) is 0. The van der Waals surface area contributed by atoms with Crippen molar-refractivity contribution in [3.8, 4) is 5.75 Å². The quantitative estimate of drug-likeness (QED) is 0.785. The fourth-order valence-corrected chi connectivity index (χ4v) is 1.79. The molecule has 1 rings (SSSR count). The average molecular weight is 250 g/mol. The molecule has 1 aromatic rings. The topological polar surface area (TPSA) is 38.5 Å². The van der Waals surface area contributed by atoms with Crippen LogP contribution < -0.4 is 15.4 Å². The van der Waals surface area contributed by atoms with Crippen LogP contribution in [-0.2, 0) is 0 Å². The number of benzene rings is 1. The molecule has 0 heterocycles. The molecule has 0 amide bonds. The normalized spacial score (nSPS) is 11.1. The van der Waals surface area contributed by atoms with Gasteiger partial charge in [0.05, 0.1) is 17.5 Å². The highest BCUT2D eigenvalue weighted by Gasteiger charge is 2.11. The van der Waals surface area contributed by atoms with Crippen LogP contribution in [0.15, 0.2) is 18.2 Å². The molecule has 0 fully saturated rings. The summed E-state index contributed by atoms with van der Waals surface area (Å²) in [6.45, 7) is 9.49. The zero-order valence-electron chi connectivity index (χ0n) is 12.2. The Labute approximate surface area is 111 Å². The summed E-state index contributed by atoms with van der Waals surface area (Å²) < 4.78 is 5.71. The van der Waals surface area contributed by atoms with Crippen molar-refractivity contribution in [2.24, 2.45) is 5.92 Å². The Morgan fingerprint density at radius 2 is 1.89 bits per heavy atom. The third-order valence-electron chi connectivity index (χ3n) is 2.86. The predicted octanol–water partition coefficient (Wildman–Crippen LogP) is 3.54. The number of rotatable bonds is 6. The summed E-state index contributed by atoms with van der Waals surface area (Å²) >= 11 is 0. The van der Waals surface area contributed by atoms with Gasteiger partial charge in [0, 0.05) is 13.6 Å². The number of nitrogen functional groups attached to an aromatic ring is 1. The number of hydrogen-bond donors (Lipinski definition) is 1. The summed E-state index contributed by atoms with van der Waals surface area (Å²) in [4.78, 5) is 2.20. The van der Waals surface area contributed by atoms with Gasteiger partial charge in [0.2, 0.25) is 0 Å². The zero-order chi connectivity index (χ0) is 13.7. The van der Waals surface area contributed by atoms with E-state index in [0.29, 0.717) is 5.92 Å². The standard InChI is InChI=1S/C15H26N2O/c1-11(2)9-10-17(5)13-7-6-8-14(15(13)16)18-12(3)4/h6-8,11-12H,9-10,16H2,1-5H3. The van der Waals surface area contributed by atoms with Gasteiger partial charge in [-0.15, -0.1) is 0 Å². The molecule has 0 aliphatic heterocycles. The van der Waals surface area contributed by atoms with Gasteiger partial charge in [0.1, 0.15) is 5.75 Å². The Hall–Kier alpha value is -1.38. The van der Waals surface area contributed by atoms with Crippen LogP contribution in [0, 0.1) is 5.92 Å². The predicted molar refractivity (Wildman–Crippen MR) is 79.3 cm³/mol. The lowest BCUT2D eigenvalue weighted by molar-refractivity contribution is 0.244. The van der Waals surface area contributed by atoms with E-state index in [-0.39, 0.29) is 6.10 Å². The van der Waals surface area contributed by atoms with E-state index in [1.54, 1.807) is 0 Å². The highest BCUT2D eigenvalue weighted by Crippen LogP contribution is 2.32. The van der Waals surface area contributed by atoms with Gasteiger partial charge >= 0.3 is 0 Å². The van der Waals surface area contributed by atoms with E-state index in [0.717, 1.165) is 30.1 Å². The lowest BCUT2D eigenvalue weighted by Gasteiger charge is -2.23. The molecule has 0 saturated heterocycles. The van der Waals surface area contributed by atoms with Crippen molar-refractivity contribution in [1.82, 2.24) is 0 Å². The molecule has 0 spiro atoms. The van der Waals surface area contributed by atoms with Crippen molar-refractivity contribution in [2.75, 3.05) is 24.2 Å². The Morgan fingerprint density at radius 3 is 2.44 bits per heavy atom. The van der Waals surface area contributed by atoms with Crippen molar-refractivity contribution in [3.05, 3.63) is 18.2 Å². The first-order valence-corrected chi connectivity index (χ1v) is 6.68. The van der Waals surface area contributed by atoms with E-state index in [4.69, 9.17) is 10.5 Å². The van der Waals surface area contributed by atoms with E-state index < -0.39 is 0 Å². The van der Waals surface area contributed by atoms with Crippen LogP contribution in [0.5, 0.6) is 5.75 Å². The fourth-order valence-electron chi connectivity index (χ4n) is 1.79. The van der Waals surface area contributed by atoms with E-state index in [1.807, 2.05) is 32.0 Å². The van der Waals surface area contributed by atoms with Gasteiger partial charge in [-0.1, -0.05) is 19.9 Å². The number of hydrogen-bond acceptors (Lipinski definition) is 3. The summed E-state index contributed by atoms with van der Waals surface area (Å²) in [6, 6.07) is 5.97. The van der Waals surface area contributed by atoms with Gasteiger partial charge in [-0.25, -0.2) is 0 Å². The van der Waals surface area contributed by atoms with Crippen LogP contribution in [0.2, 0.25) is 0 Å². The van der Waals surface area contributed by atoms with Crippen molar-refractivity contribution in [3.63, 3.8) is 0 Å². The molecule has 18 heavy (non-hydrogen) atoms. The van der Waals surface area contributed by atoms with E-state index in [9.17, 15) is 0 Å². The molecule has 0 radical (unpaired) electrons. The average Bonchev–Trinajstić information content (AvgIpc) is 2.28. The maximum atomic E-state index is 6.17. The monoisotopic (exact) mass is 250 g/mol.